The highest BCUT2D eigenvalue weighted by Gasteiger charge is 2.06. The monoisotopic (exact) mass is 276 g/mol. The maximum atomic E-state index is 10.7. The second kappa shape index (κ2) is 7.73. The smallest absolute Gasteiger partial charge is 0.307 e. The first-order valence-electron chi connectivity index (χ1n) is 7.08. The minimum Gasteiger partial charge on any atom is -0.493 e. The van der Waals surface area contributed by atoms with Gasteiger partial charge in [0, 0.05) is 0 Å². The molecule has 0 amide bonds. The predicted octanol–water partition coefficient (Wildman–Crippen LogP) is 4.30. The highest BCUT2D eigenvalue weighted by Crippen LogP contribution is 2.26. The van der Waals surface area contributed by atoms with Gasteiger partial charge in [0.25, 0.3) is 0 Å². The minimum absolute atomic E-state index is 0.0637. The van der Waals surface area contributed by atoms with E-state index in [1.807, 2.05) is 32.0 Å². The number of carbonyl (C=O) groups is 1. The third-order valence-electron chi connectivity index (χ3n) is 3.03. The highest BCUT2D eigenvalue weighted by atomic mass is 16.5. The van der Waals surface area contributed by atoms with Gasteiger partial charge in [-0.2, -0.15) is 0 Å². The fourth-order valence-corrected chi connectivity index (χ4v) is 2.00. The number of rotatable bonds is 7. The molecule has 1 N–H and O–H groups in total. The summed E-state index contributed by atoms with van der Waals surface area (Å²) < 4.78 is 5.70. The van der Waals surface area contributed by atoms with Gasteiger partial charge < -0.3 is 9.84 Å². The summed E-state index contributed by atoms with van der Waals surface area (Å²) in [6.45, 7) is 9.00. The van der Waals surface area contributed by atoms with Crippen LogP contribution < -0.4 is 4.74 Å². The SMILES string of the molecule is CC/C(=C\CC(=O)O)c1ccc(OCC(C)C)cc1C. The zero-order valence-corrected chi connectivity index (χ0v) is 12.8. The van der Waals surface area contributed by atoms with Crippen molar-refractivity contribution in [2.45, 2.75) is 40.5 Å². The molecule has 0 saturated heterocycles. The number of allylic oxidation sites excluding steroid dienone is 1. The Morgan fingerprint density at radius 1 is 1.40 bits per heavy atom. The summed E-state index contributed by atoms with van der Waals surface area (Å²) in [5.41, 5.74) is 3.29. The van der Waals surface area contributed by atoms with Crippen LogP contribution in [0.3, 0.4) is 0 Å². The van der Waals surface area contributed by atoms with Crippen molar-refractivity contribution in [3.8, 4) is 5.75 Å². The van der Waals surface area contributed by atoms with E-state index in [0.29, 0.717) is 12.5 Å². The Balaban J connectivity index is 2.90. The van der Waals surface area contributed by atoms with Crippen molar-refractivity contribution in [3.05, 3.63) is 35.4 Å². The van der Waals surface area contributed by atoms with Crippen molar-refractivity contribution >= 4 is 11.5 Å². The molecule has 0 saturated carbocycles. The molecule has 0 fully saturated rings. The van der Waals surface area contributed by atoms with Crippen LogP contribution in [0.1, 0.15) is 44.7 Å². The van der Waals surface area contributed by atoms with Crippen molar-refractivity contribution < 1.29 is 14.6 Å². The number of aliphatic carboxylic acids is 1. The average Bonchev–Trinajstić information content (AvgIpc) is 2.38. The quantitative estimate of drug-likeness (QED) is 0.807. The number of benzene rings is 1. The summed E-state index contributed by atoms with van der Waals surface area (Å²) in [7, 11) is 0. The number of hydrogen-bond donors (Lipinski definition) is 1. The first kappa shape index (κ1) is 16.3. The second-order valence-corrected chi connectivity index (χ2v) is 5.36. The van der Waals surface area contributed by atoms with Crippen LogP contribution in [0.15, 0.2) is 24.3 Å². The van der Waals surface area contributed by atoms with Gasteiger partial charge in [0.1, 0.15) is 5.75 Å². The first-order valence-corrected chi connectivity index (χ1v) is 7.08. The van der Waals surface area contributed by atoms with E-state index in [-0.39, 0.29) is 6.42 Å². The highest BCUT2D eigenvalue weighted by molar-refractivity contribution is 5.75. The van der Waals surface area contributed by atoms with Crippen molar-refractivity contribution in [2.75, 3.05) is 6.61 Å². The van der Waals surface area contributed by atoms with Gasteiger partial charge >= 0.3 is 5.97 Å². The standard InChI is InChI=1S/C17H24O3/c1-5-14(6-9-17(18)19)16-8-7-15(10-13(16)4)20-11-12(2)3/h6-8,10,12H,5,9,11H2,1-4H3,(H,18,19)/b14-6+. The largest absolute Gasteiger partial charge is 0.493 e. The molecule has 0 bridgehead atoms. The number of carboxylic acids is 1. The Hall–Kier alpha value is -1.77. The Bertz CT molecular complexity index is 487. The van der Waals surface area contributed by atoms with Crippen LogP contribution in [0, 0.1) is 12.8 Å². The maximum Gasteiger partial charge on any atom is 0.307 e. The van der Waals surface area contributed by atoms with Crippen LogP contribution in [0.4, 0.5) is 0 Å². The second-order valence-electron chi connectivity index (χ2n) is 5.36. The van der Waals surface area contributed by atoms with Gasteiger partial charge in [-0.1, -0.05) is 32.9 Å². The number of carboxylic acid groups (broad SMARTS) is 1. The fraction of sp³-hybridized carbons (Fsp3) is 0.471. The van der Waals surface area contributed by atoms with Gasteiger partial charge in [-0.3, -0.25) is 4.79 Å². The fourth-order valence-electron chi connectivity index (χ4n) is 2.00. The van der Waals surface area contributed by atoms with Gasteiger partial charge in [-0.15, -0.1) is 0 Å². The van der Waals surface area contributed by atoms with Crippen LogP contribution in [0.2, 0.25) is 0 Å². The summed E-state index contributed by atoms with van der Waals surface area (Å²) >= 11 is 0. The predicted molar refractivity (Wildman–Crippen MR) is 82.0 cm³/mol. The third kappa shape index (κ3) is 5.08. The van der Waals surface area contributed by atoms with E-state index in [4.69, 9.17) is 9.84 Å². The molecule has 0 heterocycles. The maximum absolute atomic E-state index is 10.7. The molecule has 1 rings (SSSR count). The van der Waals surface area contributed by atoms with Gasteiger partial charge in [-0.25, -0.2) is 0 Å². The molecule has 1 aromatic rings. The van der Waals surface area contributed by atoms with E-state index in [1.165, 1.54) is 0 Å². The molecule has 0 aliphatic rings. The van der Waals surface area contributed by atoms with Crippen LogP contribution in [0.5, 0.6) is 5.75 Å². The average molecular weight is 276 g/mol. The number of aryl methyl sites for hydroxylation is 1. The molecule has 0 unspecified atom stereocenters. The first-order chi connectivity index (χ1) is 9.43. The zero-order valence-electron chi connectivity index (χ0n) is 12.8. The third-order valence-corrected chi connectivity index (χ3v) is 3.03. The van der Waals surface area contributed by atoms with E-state index in [0.717, 1.165) is 28.9 Å². The summed E-state index contributed by atoms with van der Waals surface area (Å²) in [5.74, 6) is 0.566. The molecule has 0 aliphatic heterocycles. The lowest BCUT2D eigenvalue weighted by Gasteiger charge is -2.13. The Kier molecular flexibility index (Phi) is 6.29. The van der Waals surface area contributed by atoms with E-state index in [9.17, 15) is 4.79 Å². The van der Waals surface area contributed by atoms with Crippen molar-refractivity contribution in [2.24, 2.45) is 5.92 Å². The van der Waals surface area contributed by atoms with Gasteiger partial charge in [0.05, 0.1) is 13.0 Å². The summed E-state index contributed by atoms with van der Waals surface area (Å²) in [4.78, 5) is 10.7. The minimum atomic E-state index is -0.800. The normalized spacial score (nSPS) is 11.8. The summed E-state index contributed by atoms with van der Waals surface area (Å²) in [5, 5.41) is 8.78. The Labute approximate surface area is 121 Å². The van der Waals surface area contributed by atoms with Crippen molar-refractivity contribution in [1.29, 1.82) is 0 Å². The molecular weight excluding hydrogens is 252 g/mol. The number of hydrogen-bond acceptors (Lipinski definition) is 2. The lowest BCUT2D eigenvalue weighted by Crippen LogP contribution is -2.04. The molecule has 110 valence electrons. The lowest BCUT2D eigenvalue weighted by atomic mass is 9.97. The van der Waals surface area contributed by atoms with E-state index >= 15 is 0 Å². The van der Waals surface area contributed by atoms with Gasteiger partial charge in [0.15, 0.2) is 0 Å². The zero-order chi connectivity index (χ0) is 15.1. The Morgan fingerprint density at radius 2 is 2.10 bits per heavy atom. The summed E-state index contributed by atoms with van der Waals surface area (Å²) in [6, 6.07) is 5.99. The Morgan fingerprint density at radius 3 is 2.60 bits per heavy atom. The van der Waals surface area contributed by atoms with Crippen LogP contribution in [0.25, 0.3) is 5.57 Å². The van der Waals surface area contributed by atoms with Crippen molar-refractivity contribution in [1.82, 2.24) is 0 Å². The lowest BCUT2D eigenvalue weighted by molar-refractivity contribution is -0.135. The molecule has 0 aromatic heterocycles. The molecular formula is C17H24O3. The number of ether oxygens (including phenoxy) is 1. The van der Waals surface area contributed by atoms with Crippen LogP contribution in [-0.4, -0.2) is 17.7 Å². The van der Waals surface area contributed by atoms with E-state index < -0.39 is 5.97 Å². The van der Waals surface area contributed by atoms with E-state index in [1.54, 1.807) is 6.08 Å². The molecule has 0 aliphatic carbocycles. The molecule has 1 aromatic carbocycles. The van der Waals surface area contributed by atoms with Crippen LogP contribution >= 0.6 is 0 Å². The molecule has 0 atom stereocenters. The van der Waals surface area contributed by atoms with Crippen LogP contribution in [-0.2, 0) is 4.79 Å². The molecule has 0 radical (unpaired) electrons. The molecule has 0 spiro atoms. The topological polar surface area (TPSA) is 46.5 Å². The molecule has 20 heavy (non-hydrogen) atoms. The van der Waals surface area contributed by atoms with Gasteiger partial charge in [0.2, 0.25) is 0 Å². The molecule has 3 heteroatoms. The molecule has 3 nitrogen and oxygen atoms in total. The van der Waals surface area contributed by atoms with Gasteiger partial charge in [-0.05, 0) is 48.1 Å². The van der Waals surface area contributed by atoms with Crippen molar-refractivity contribution in [3.63, 3.8) is 0 Å². The van der Waals surface area contributed by atoms with E-state index in [2.05, 4.69) is 13.8 Å². The summed E-state index contributed by atoms with van der Waals surface area (Å²) in [6.07, 6.45) is 2.67.